The zero-order valence-electron chi connectivity index (χ0n) is 13.0. The highest BCUT2D eigenvalue weighted by Crippen LogP contribution is 2.33. The molecule has 0 aliphatic rings. The number of ether oxygens (including phenoxy) is 1. The third-order valence-corrected chi connectivity index (χ3v) is 4.03. The second-order valence-corrected chi connectivity index (χ2v) is 5.59. The molecule has 23 heavy (non-hydrogen) atoms. The molecule has 2 nitrogen and oxygen atoms in total. The predicted molar refractivity (Wildman–Crippen MR) is 93.4 cm³/mol. The van der Waals surface area contributed by atoms with Crippen molar-refractivity contribution in [2.45, 2.75) is 12.5 Å². The van der Waals surface area contributed by atoms with E-state index in [2.05, 4.69) is 6.58 Å². The molecule has 0 spiro atoms. The van der Waals surface area contributed by atoms with E-state index in [1.807, 2.05) is 67.6 Å². The lowest BCUT2D eigenvalue weighted by molar-refractivity contribution is 0.00986. The first-order valence-corrected chi connectivity index (χ1v) is 7.54. The van der Waals surface area contributed by atoms with E-state index < -0.39 is 5.60 Å². The van der Waals surface area contributed by atoms with Gasteiger partial charge >= 0.3 is 5.97 Å². The van der Waals surface area contributed by atoms with E-state index in [0.29, 0.717) is 5.56 Å². The average Bonchev–Trinajstić information content (AvgIpc) is 2.61. The van der Waals surface area contributed by atoms with E-state index in [9.17, 15) is 4.79 Å². The van der Waals surface area contributed by atoms with Crippen molar-refractivity contribution in [2.24, 2.45) is 0 Å². The normalized spacial score (nSPS) is 13.3. The van der Waals surface area contributed by atoms with Crippen LogP contribution in [-0.4, -0.2) is 5.97 Å². The van der Waals surface area contributed by atoms with Crippen molar-refractivity contribution in [3.63, 3.8) is 0 Å². The monoisotopic (exact) mass is 302 g/mol. The minimum absolute atomic E-state index is 0.360. The minimum Gasteiger partial charge on any atom is -0.447 e. The van der Waals surface area contributed by atoms with E-state index in [1.165, 1.54) is 0 Å². The zero-order chi connectivity index (χ0) is 16.3. The van der Waals surface area contributed by atoms with Gasteiger partial charge in [-0.2, -0.15) is 0 Å². The largest absolute Gasteiger partial charge is 0.447 e. The first-order valence-electron chi connectivity index (χ1n) is 7.54. The summed E-state index contributed by atoms with van der Waals surface area (Å²) in [6.45, 7) is 5.75. The van der Waals surface area contributed by atoms with Gasteiger partial charge < -0.3 is 4.74 Å². The number of benzene rings is 3. The molecule has 0 bridgehead atoms. The highest BCUT2D eigenvalue weighted by atomic mass is 16.6. The van der Waals surface area contributed by atoms with Crippen molar-refractivity contribution >= 4 is 16.7 Å². The van der Waals surface area contributed by atoms with Gasteiger partial charge in [-0.15, -0.1) is 0 Å². The molecule has 0 saturated carbocycles. The summed E-state index contributed by atoms with van der Waals surface area (Å²) in [5.74, 6) is -0.360. The van der Waals surface area contributed by atoms with Gasteiger partial charge in [0, 0.05) is 5.56 Å². The lowest BCUT2D eigenvalue weighted by atomic mass is 9.90. The van der Waals surface area contributed by atoms with Crippen LogP contribution in [0.15, 0.2) is 85.5 Å². The fourth-order valence-electron chi connectivity index (χ4n) is 2.69. The summed E-state index contributed by atoms with van der Waals surface area (Å²) in [7, 11) is 0. The fraction of sp³-hybridized carbons (Fsp3) is 0.0952. The van der Waals surface area contributed by atoms with Crippen molar-refractivity contribution in [1.29, 1.82) is 0 Å². The van der Waals surface area contributed by atoms with Crippen molar-refractivity contribution in [1.82, 2.24) is 0 Å². The molecule has 0 radical (unpaired) electrons. The molecule has 114 valence electrons. The minimum atomic E-state index is -0.895. The molecular formula is C21H18O2. The van der Waals surface area contributed by atoms with Crippen LogP contribution < -0.4 is 0 Å². The molecular weight excluding hydrogens is 284 g/mol. The van der Waals surface area contributed by atoms with Crippen LogP contribution in [0.5, 0.6) is 0 Å². The molecule has 0 N–H and O–H groups in total. The lowest BCUT2D eigenvalue weighted by Gasteiger charge is -2.28. The van der Waals surface area contributed by atoms with Crippen molar-refractivity contribution in [3.8, 4) is 0 Å². The molecule has 2 heteroatoms. The highest BCUT2D eigenvalue weighted by Gasteiger charge is 2.29. The van der Waals surface area contributed by atoms with Gasteiger partial charge in [0.05, 0.1) is 5.56 Å². The molecule has 0 amide bonds. The molecule has 0 aliphatic carbocycles. The molecule has 3 aromatic rings. The van der Waals surface area contributed by atoms with Crippen LogP contribution >= 0.6 is 0 Å². The molecule has 0 saturated heterocycles. The summed E-state index contributed by atoms with van der Waals surface area (Å²) in [6.07, 6.45) is 1.68. The van der Waals surface area contributed by atoms with Crippen LogP contribution in [0.1, 0.15) is 22.8 Å². The topological polar surface area (TPSA) is 26.3 Å². The Balaban J connectivity index is 2.03. The van der Waals surface area contributed by atoms with Crippen LogP contribution in [0.25, 0.3) is 10.8 Å². The molecule has 3 rings (SSSR count). The maximum Gasteiger partial charge on any atom is 0.339 e. The Hall–Kier alpha value is -2.87. The number of rotatable bonds is 4. The smallest absolute Gasteiger partial charge is 0.339 e. The maximum atomic E-state index is 12.5. The van der Waals surface area contributed by atoms with E-state index in [-0.39, 0.29) is 5.97 Å². The van der Waals surface area contributed by atoms with Crippen LogP contribution in [0.2, 0.25) is 0 Å². The number of carbonyl (C=O) groups is 1. The van der Waals surface area contributed by atoms with Gasteiger partial charge in [-0.05, 0) is 35.9 Å². The summed E-state index contributed by atoms with van der Waals surface area (Å²) in [4.78, 5) is 12.5. The number of fused-ring (bicyclic) bond motifs is 1. The number of hydrogen-bond acceptors (Lipinski definition) is 2. The summed E-state index contributed by atoms with van der Waals surface area (Å²) in [6, 6.07) is 23.0. The molecule has 0 heterocycles. The third-order valence-electron chi connectivity index (χ3n) is 4.03. The van der Waals surface area contributed by atoms with E-state index in [4.69, 9.17) is 4.74 Å². The average molecular weight is 302 g/mol. The summed E-state index contributed by atoms with van der Waals surface area (Å²) in [5, 5.41) is 2.16. The van der Waals surface area contributed by atoms with Crippen molar-refractivity contribution in [2.75, 3.05) is 0 Å². The van der Waals surface area contributed by atoms with Crippen molar-refractivity contribution in [3.05, 3.63) is 96.6 Å². The number of carbonyl (C=O) groups excluding carboxylic acids is 1. The van der Waals surface area contributed by atoms with E-state index in [0.717, 1.165) is 16.3 Å². The SMILES string of the molecule is C=C[C@@](C)(OC(=O)c1ccccc1)c1cccc2ccccc12. The van der Waals surface area contributed by atoms with Crippen LogP contribution in [0.3, 0.4) is 0 Å². The predicted octanol–water partition coefficient (Wildman–Crippen LogP) is 5.10. The number of esters is 1. The first-order chi connectivity index (χ1) is 11.1. The van der Waals surface area contributed by atoms with Crippen molar-refractivity contribution < 1.29 is 9.53 Å². The Kier molecular flexibility index (Phi) is 3.98. The van der Waals surface area contributed by atoms with E-state index in [1.54, 1.807) is 18.2 Å². The van der Waals surface area contributed by atoms with E-state index >= 15 is 0 Å². The second-order valence-electron chi connectivity index (χ2n) is 5.59. The van der Waals surface area contributed by atoms with Crippen LogP contribution in [0, 0.1) is 0 Å². The number of hydrogen-bond donors (Lipinski definition) is 0. The van der Waals surface area contributed by atoms with Gasteiger partial charge in [-0.25, -0.2) is 4.79 Å². The zero-order valence-corrected chi connectivity index (χ0v) is 13.0. The van der Waals surface area contributed by atoms with Gasteiger partial charge in [-0.1, -0.05) is 67.2 Å². The highest BCUT2D eigenvalue weighted by molar-refractivity contribution is 5.91. The van der Waals surface area contributed by atoms with Crippen LogP contribution in [-0.2, 0) is 10.3 Å². The Bertz CT molecular complexity index is 847. The van der Waals surface area contributed by atoms with Crippen LogP contribution in [0.4, 0.5) is 0 Å². The van der Waals surface area contributed by atoms with Gasteiger partial charge in [0.25, 0.3) is 0 Å². The quantitative estimate of drug-likeness (QED) is 0.495. The molecule has 0 fully saturated rings. The standard InChI is InChI=1S/C21H18O2/c1-3-21(2,23-20(22)17-11-5-4-6-12-17)19-15-9-13-16-10-7-8-14-18(16)19/h3-15H,1H2,2H3/t21-/m1/s1. The molecule has 3 aromatic carbocycles. The summed E-state index contributed by atoms with van der Waals surface area (Å²) < 4.78 is 5.81. The summed E-state index contributed by atoms with van der Waals surface area (Å²) in [5.41, 5.74) is 0.559. The summed E-state index contributed by atoms with van der Waals surface area (Å²) >= 11 is 0. The van der Waals surface area contributed by atoms with Gasteiger partial charge in [0.15, 0.2) is 5.60 Å². The fourth-order valence-corrected chi connectivity index (χ4v) is 2.69. The third kappa shape index (κ3) is 2.88. The first kappa shape index (κ1) is 15.0. The molecule has 0 unspecified atom stereocenters. The molecule has 0 aromatic heterocycles. The Morgan fingerprint density at radius 2 is 1.61 bits per heavy atom. The second kappa shape index (κ2) is 6.09. The lowest BCUT2D eigenvalue weighted by Crippen LogP contribution is -2.27. The molecule has 0 aliphatic heterocycles. The van der Waals surface area contributed by atoms with Gasteiger partial charge in [0.2, 0.25) is 0 Å². The Morgan fingerprint density at radius 3 is 2.35 bits per heavy atom. The maximum absolute atomic E-state index is 12.5. The van der Waals surface area contributed by atoms with Gasteiger partial charge in [0.1, 0.15) is 0 Å². The van der Waals surface area contributed by atoms with Gasteiger partial charge in [-0.3, -0.25) is 0 Å². The Labute approximate surface area is 136 Å². The Morgan fingerprint density at radius 1 is 0.957 bits per heavy atom. The molecule has 1 atom stereocenters.